The zero-order valence-electron chi connectivity index (χ0n) is 6.57. The van der Waals surface area contributed by atoms with Crippen molar-refractivity contribution in [3.05, 3.63) is 30.4 Å². The molecule has 13 heavy (non-hydrogen) atoms. The second-order valence-corrected chi connectivity index (χ2v) is 2.43. The van der Waals surface area contributed by atoms with Gasteiger partial charge in [0.1, 0.15) is 17.8 Å². The number of pyridine rings is 1. The lowest BCUT2D eigenvalue weighted by Crippen LogP contribution is -1.86. The van der Waals surface area contributed by atoms with E-state index in [4.69, 9.17) is 10.2 Å². The average molecular weight is 179 g/mol. The lowest BCUT2D eigenvalue weighted by atomic mass is 10.3. The molecule has 0 aliphatic heterocycles. The minimum Gasteiger partial charge on any atom is -0.432 e. The molecule has 5 heteroatoms. The van der Waals surface area contributed by atoms with Crippen molar-refractivity contribution in [2.75, 3.05) is 5.73 Å². The molecule has 0 saturated carbocycles. The van der Waals surface area contributed by atoms with Gasteiger partial charge in [0.15, 0.2) is 0 Å². The second kappa shape index (κ2) is 2.85. The summed E-state index contributed by atoms with van der Waals surface area (Å²) in [6.07, 6.45) is 2.48. The number of aromatic nitrogens is 2. The summed E-state index contributed by atoms with van der Waals surface area (Å²) in [5, 5.41) is 0. The summed E-state index contributed by atoms with van der Waals surface area (Å²) in [6, 6.07) is 2.88. The van der Waals surface area contributed by atoms with Gasteiger partial charge in [0.25, 0.3) is 6.01 Å². The van der Waals surface area contributed by atoms with Gasteiger partial charge in [-0.05, 0) is 12.1 Å². The minimum atomic E-state index is -0.389. The molecule has 2 N–H and O–H groups in total. The van der Waals surface area contributed by atoms with Crippen LogP contribution in [0, 0.1) is 5.82 Å². The number of nitrogens with two attached hydrogens (primary N) is 1. The predicted molar refractivity (Wildman–Crippen MR) is 44.1 cm³/mol. The molecule has 2 aromatic rings. The number of hydrogen-bond acceptors (Lipinski definition) is 4. The first-order chi connectivity index (χ1) is 6.25. The van der Waals surface area contributed by atoms with Crippen molar-refractivity contribution >= 4 is 6.01 Å². The van der Waals surface area contributed by atoms with Gasteiger partial charge in [-0.15, -0.1) is 0 Å². The van der Waals surface area contributed by atoms with Crippen LogP contribution in [0.15, 0.2) is 29.0 Å². The van der Waals surface area contributed by atoms with E-state index in [2.05, 4.69) is 9.97 Å². The zero-order chi connectivity index (χ0) is 9.26. The molecule has 66 valence electrons. The Morgan fingerprint density at radius 1 is 1.31 bits per heavy atom. The van der Waals surface area contributed by atoms with Gasteiger partial charge >= 0.3 is 0 Å². The SMILES string of the molecule is Nc1nc(-c2ccc(F)cn2)co1. The van der Waals surface area contributed by atoms with Crippen molar-refractivity contribution in [3.63, 3.8) is 0 Å². The summed E-state index contributed by atoms with van der Waals surface area (Å²) < 4.78 is 17.3. The van der Waals surface area contributed by atoms with E-state index in [1.165, 1.54) is 18.4 Å². The molecule has 2 aromatic heterocycles. The maximum Gasteiger partial charge on any atom is 0.292 e. The fourth-order valence-corrected chi connectivity index (χ4v) is 0.933. The highest BCUT2D eigenvalue weighted by molar-refractivity contribution is 5.53. The molecule has 0 spiro atoms. The first-order valence-electron chi connectivity index (χ1n) is 3.58. The third-order valence-corrected chi connectivity index (χ3v) is 1.51. The van der Waals surface area contributed by atoms with Crippen molar-refractivity contribution in [2.45, 2.75) is 0 Å². The van der Waals surface area contributed by atoms with Gasteiger partial charge in [-0.25, -0.2) is 4.39 Å². The van der Waals surface area contributed by atoms with Crippen LogP contribution in [0.2, 0.25) is 0 Å². The Morgan fingerprint density at radius 3 is 2.69 bits per heavy atom. The molecule has 0 aromatic carbocycles. The van der Waals surface area contributed by atoms with Crippen LogP contribution in [0.3, 0.4) is 0 Å². The summed E-state index contributed by atoms with van der Waals surface area (Å²) in [5.41, 5.74) is 6.29. The fraction of sp³-hybridized carbons (Fsp3) is 0. The molecular formula is C8H6FN3O. The molecule has 2 rings (SSSR count). The van der Waals surface area contributed by atoms with E-state index >= 15 is 0 Å². The maximum atomic E-state index is 12.5. The van der Waals surface area contributed by atoms with E-state index in [0.717, 1.165) is 6.20 Å². The Morgan fingerprint density at radius 2 is 2.15 bits per heavy atom. The Balaban J connectivity index is 2.41. The number of hydrogen-bond donors (Lipinski definition) is 1. The third kappa shape index (κ3) is 1.48. The number of nitrogen functional groups attached to an aromatic ring is 1. The Labute approximate surface area is 73.2 Å². The van der Waals surface area contributed by atoms with Crippen LogP contribution >= 0.6 is 0 Å². The van der Waals surface area contributed by atoms with Gasteiger partial charge in [-0.3, -0.25) is 4.98 Å². The number of halogens is 1. The molecule has 0 amide bonds. The highest BCUT2D eigenvalue weighted by Gasteiger charge is 2.04. The number of nitrogens with zero attached hydrogens (tertiary/aromatic N) is 2. The first kappa shape index (κ1) is 7.72. The van der Waals surface area contributed by atoms with E-state index in [0.29, 0.717) is 11.4 Å². The molecule has 0 fully saturated rings. The van der Waals surface area contributed by atoms with Gasteiger partial charge in [0.2, 0.25) is 0 Å². The zero-order valence-corrected chi connectivity index (χ0v) is 6.57. The van der Waals surface area contributed by atoms with E-state index < -0.39 is 0 Å². The van der Waals surface area contributed by atoms with Gasteiger partial charge in [0, 0.05) is 0 Å². The Hall–Kier alpha value is -1.91. The molecule has 0 radical (unpaired) electrons. The van der Waals surface area contributed by atoms with E-state index in [1.807, 2.05) is 0 Å². The lowest BCUT2D eigenvalue weighted by molar-refractivity contribution is 0.581. The smallest absolute Gasteiger partial charge is 0.292 e. The molecule has 4 nitrogen and oxygen atoms in total. The molecule has 0 aliphatic rings. The van der Waals surface area contributed by atoms with Crippen molar-refractivity contribution in [2.24, 2.45) is 0 Å². The standard InChI is InChI=1S/C8H6FN3O/c9-5-1-2-6(11-3-5)7-4-13-8(10)12-7/h1-4H,(H2,10,12). The molecule has 0 bridgehead atoms. The minimum absolute atomic E-state index is 0.0705. The topological polar surface area (TPSA) is 64.9 Å². The summed E-state index contributed by atoms with van der Waals surface area (Å²) in [7, 11) is 0. The van der Waals surface area contributed by atoms with Crippen molar-refractivity contribution in [1.29, 1.82) is 0 Å². The molecule has 0 unspecified atom stereocenters. The summed E-state index contributed by atoms with van der Waals surface area (Å²) in [6.45, 7) is 0. The Bertz CT molecular complexity index is 410. The van der Waals surface area contributed by atoms with Crippen LogP contribution in [0.1, 0.15) is 0 Å². The maximum absolute atomic E-state index is 12.5. The van der Waals surface area contributed by atoms with Crippen LogP contribution < -0.4 is 5.73 Å². The molecular weight excluding hydrogens is 173 g/mol. The van der Waals surface area contributed by atoms with Crippen molar-refractivity contribution in [3.8, 4) is 11.4 Å². The van der Waals surface area contributed by atoms with E-state index in [-0.39, 0.29) is 11.8 Å². The summed E-state index contributed by atoms with van der Waals surface area (Å²) in [4.78, 5) is 7.65. The molecule has 2 heterocycles. The Kier molecular flexibility index (Phi) is 1.70. The van der Waals surface area contributed by atoms with Gasteiger partial charge in [-0.1, -0.05) is 0 Å². The second-order valence-electron chi connectivity index (χ2n) is 2.43. The van der Waals surface area contributed by atoms with Crippen LogP contribution in [0.4, 0.5) is 10.4 Å². The average Bonchev–Trinajstić information content (AvgIpc) is 2.53. The normalized spacial score (nSPS) is 10.2. The van der Waals surface area contributed by atoms with E-state index in [1.54, 1.807) is 0 Å². The lowest BCUT2D eigenvalue weighted by Gasteiger charge is -1.92. The van der Waals surface area contributed by atoms with Gasteiger partial charge in [0.05, 0.1) is 11.9 Å². The summed E-state index contributed by atoms with van der Waals surface area (Å²) >= 11 is 0. The fourth-order valence-electron chi connectivity index (χ4n) is 0.933. The predicted octanol–water partition coefficient (Wildman–Crippen LogP) is 1.46. The number of rotatable bonds is 1. The highest BCUT2D eigenvalue weighted by Crippen LogP contribution is 2.16. The quantitative estimate of drug-likeness (QED) is 0.719. The molecule has 0 aliphatic carbocycles. The van der Waals surface area contributed by atoms with Crippen LogP contribution in [-0.4, -0.2) is 9.97 Å². The van der Waals surface area contributed by atoms with Crippen LogP contribution in [0.5, 0.6) is 0 Å². The molecule has 0 atom stereocenters. The van der Waals surface area contributed by atoms with E-state index in [9.17, 15) is 4.39 Å². The van der Waals surface area contributed by atoms with Crippen molar-refractivity contribution < 1.29 is 8.81 Å². The molecule has 0 saturated heterocycles. The third-order valence-electron chi connectivity index (χ3n) is 1.51. The number of oxazole rings is 1. The van der Waals surface area contributed by atoms with Crippen LogP contribution in [-0.2, 0) is 0 Å². The largest absolute Gasteiger partial charge is 0.432 e. The van der Waals surface area contributed by atoms with Crippen LogP contribution in [0.25, 0.3) is 11.4 Å². The van der Waals surface area contributed by atoms with Gasteiger partial charge in [-0.2, -0.15) is 4.98 Å². The summed E-state index contributed by atoms with van der Waals surface area (Å²) in [5.74, 6) is -0.389. The first-order valence-corrected chi connectivity index (χ1v) is 3.58. The number of anilines is 1. The monoisotopic (exact) mass is 179 g/mol. The van der Waals surface area contributed by atoms with Gasteiger partial charge < -0.3 is 10.2 Å². The highest BCUT2D eigenvalue weighted by atomic mass is 19.1. The van der Waals surface area contributed by atoms with Crippen molar-refractivity contribution in [1.82, 2.24) is 9.97 Å².